The SMILES string of the molecule is CC[Si](CC)(CC)O[C@H]1CC=C(S(=O)(=O)c2ccccc2)[C@@H](C)[C@H](O)[C@@H]1C. The Morgan fingerprint density at radius 2 is 1.63 bits per heavy atom. The molecule has 1 aliphatic rings. The van der Waals surface area contributed by atoms with Gasteiger partial charge in [0, 0.05) is 11.8 Å². The molecule has 0 heterocycles. The molecule has 0 fully saturated rings. The second kappa shape index (κ2) is 9.03. The number of hydrogen-bond acceptors (Lipinski definition) is 4. The van der Waals surface area contributed by atoms with Gasteiger partial charge in [0.05, 0.1) is 22.0 Å². The predicted octanol–water partition coefficient (Wildman–Crippen LogP) is 4.77. The number of aliphatic hydroxyl groups excluding tert-OH is 1. The van der Waals surface area contributed by atoms with Crippen molar-refractivity contribution in [2.45, 2.75) is 76.3 Å². The third kappa shape index (κ3) is 4.55. The van der Waals surface area contributed by atoms with Crippen molar-refractivity contribution in [2.75, 3.05) is 0 Å². The number of benzene rings is 1. The van der Waals surface area contributed by atoms with Crippen LogP contribution in [0.5, 0.6) is 0 Å². The number of sulfone groups is 1. The molecule has 27 heavy (non-hydrogen) atoms. The standard InChI is InChI=1S/C21H34O4SSi/c1-6-27(7-2,8-3)25-19-14-15-20(17(5)21(22)16(19)4)26(23,24)18-12-10-9-11-13-18/h9-13,15-17,19,21-22H,6-8,14H2,1-5H3/t16-,17-,19+,21-/m1/s1. The monoisotopic (exact) mass is 410 g/mol. The Morgan fingerprint density at radius 3 is 2.15 bits per heavy atom. The van der Waals surface area contributed by atoms with Crippen LogP contribution in [0, 0.1) is 11.8 Å². The van der Waals surface area contributed by atoms with E-state index in [1.807, 2.05) is 6.92 Å². The van der Waals surface area contributed by atoms with Crippen LogP contribution < -0.4 is 0 Å². The van der Waals surface area contributed by atoms with Crippen molar-refractivity contribution in [1.29, 1.82) is 0 Å². The molecule has 0 radical (unpaired) electrons. The van der Waals surface area contributed by atoms with Crippen LogP contribution in [-0.2, 0) is 14.3 Å². The molecule has 0 aromatic heterocycles. The van der Waals surface area contributed by atoms with E-state index in [0.717, 1.165) is 18.1 Å². The summed E-state index contributed by atoms with van der Waals surface area (Å²) in [5.74, 6) is -0.573. The Labute approximate surface area is 165 Å². The lowest BCUT2D eigenvalue weighted by molar-refractivity contribution is 0.0159. The lowest BCUT2D eigenvalue weighted by atomic mass is 9.91. The highest BCUT2D eigenvalue weighted by molar-refractivity contribution is 7.95. The predicted molar refractivity (Wildman–Crippen MR) is 113 cm³/mol. The van der Waals surface area contributed by atoms with Gasteiger partial charge in [0.1, 0.15) is 0 Å². The fraction of sp³-hybridized carbons (Fsp3) is 0.619. The molecule has 0 saturated carbocycles. The zero-order chi connectivity index (χ0) is 20.2. The van der Waals surface area contributed by atoms with Crippen molar-refractivity contribution in [2.24, 2.45) is 11.8 Å². The van der Waals surface area contributed by atoms with E-state index in [2.05, 4.69) is 20.8 Å². The van der Waals surface area contributed by atoms with Crippen LogP contribution in [0.25, 0.3) is 0 Å². The molecule has 0 spiro atoms. The molecule has 2 rings (SSSR count). The third-order valence-electron chi connectivity index (χ3n) is 6.34. The molecule has 0 aliphatic heterocycles. The van der Waals surface area contributed by atoms with E-state index in [4.69, 9.17) is 4.43 Å². The first-order valence-electron chi connectivity index (χ1n) is 10.1. The normalized spacial score (nSPS) is 27.1. The Morgan fingerprint density at radius 1 is 1.07 bits per heavy atom. The summed E-state index contributed by atoms with van der Waals surface area (Å²) >= 11 is 0. The van der Waals surface area contributed by atoms with Crippen molar-refractivity contribution >= 4 is 18.2 Å². The lowest BCUT2D eigenvalue weighted by Crippen LogP contribution is -2.44. The molecule has 0 unspecified atom stereocenters. The maximum absolute atomic E-state index is 13.2. The summed E-state index contributed by atoms with van der Waals surface area (Å²) in [6, 6.07) is 11.6. The topological polar surface area (TPSA) is 63.6 Å². The minimum Gasteiger partial charge on any atom is -0.413 e. The van der Waals surface area contributed by atoms with Gasteiger partial charge < -0.3 is 9.53 Å². The summed E-state index contributed by atoms with van der Waals surface area (Å²) in [6.45, 7) is 10.3. The molecular weight excluding hydrogens is 376 g/mol. The summed E-state index contributed by atoms with van der Waals surface area (Å²) < 4.78 is 32.9. The highest BCUT2D eigenvalue weighted by Crippen LogP contribution is 2.37. The first-order chi connectivity index (χ1) is 12.7. The van der Waals surface area contributed by atoms with Crippen molar-refractivity contribution in [3.8, 4) is 0 Å². The lowest BCUT2D eigenvalue weighted by Gasteiger charge is -2.37. The summed E-state index contributed by atoms with van der Waals surface area (Å²) in [4.78, 5) is 0.595. The number of rotatable bonds is 7. The third-order valence-corrected chi connectivity index (χ3v) is 13.1. The molecule has 1 N–H and O–H groups in total. The van der Waals surface area contributed by atoms with Crippen LogP contribution in [0.15, 0.2) is 46.2 Å². The quantitative estimate of drug-likeness (QED) is 0.658. The van der Waals surface area contributed by atoms with Crippen LogP contribution in [0.3, 0.4) is 0 Å². The zero-order valence-corrected chi connectivity index (χ0v) is 19.0. The summed E-state index contributed by atoms with van der Waals surface area (Å²) in [6.07, 6.45) is 1.43. The summed E-state index contributed by atoms with van der Waals surface area (Å²) in [5.41, 5.74) is 0. The van der Waals surface area contributed by atoms with Gasteiger partial charge in [-0.05, 0) is 36.7 Å². The molecule has 152 valence electrons. The van der Waals surface area contributed by atoms with Crippen LogP contribution in [0.2, 0.25) is 18.1 Å². The molecule has 6 heteroatoms. The van der Waals surface area contributed by atoms with E-state index in [1.54, 1.807) is 43.3 Å². The minimum absolute atomic E-state index is 0.115. The van der Waals surface area contributed by atoms with Gasteiger partial charge in [0.15, 0.2) is 8.32 Å². The van der Waals surface area contributed by atoms with Gasteiger partial charge in [-0.2, -0.15) is 0 Å². The fourth-order valence-electron chi connectivity index (χ4n) is 4.04. The highest BCUT2D eigenvalue weighted by Gasteiger charge is 2.41. The maximum atomic E-state index is 13.2. The number of hydrogen-bond donors (Lipinski definition) is 1. The minimum atomic E-state index is -3.62. The van der Waals surface area contributed by atoms with Crippen LogP contribution in [-0.4, -0.2) is 34.0 Å². The van der Waals surface area contributed by atoms with Gasteiger partial charge >= 0.3 is 0 Å². The molecule has 0 amide bonds. The molecule has 1 aromatic carbocycles. The Kier molecular flexibility index (Phi) is 7.47. The van der Waals surface area contributed by atoms with Gasteiger partial charge in [0.2, 0.25) is 9.84 Å². The average molecular weight is 411 g/mol. The maximum Gasteiger partial charge on any atom is 0.202 e. The van der Waals surface area contributed by atoms with E-state index in [9.17, 15) is 13.5 Å². The Balaban J connectivity index is 2.39. The van der Waals surface area contributed by atoms with E-state index in [0.29, 0.717) is 11.3 Å². The van der Waals surface area contributed by atoms with E-state index >= 15 is 0 Å². The first kappa shape index (κ1) is 22.3. The van der Waals surface area contributed by atoms with Crippen molar-refractivity contribution in [1.82, 2.24) is 0 Å². The fourth-order valence-corrected chi connectivity index (χ4v) is 8.73. The second-order valence-corrected chi connectivity index (χ2v) is 14.4. The Bertz CT molecular complexity index is 732. The summed E-state index contributed by atoms with van der Waals surface area (Å²) in [5, 5.41) is 10.9. The number of aliphatic hydroxyl groups is 1. The smallest absolute Gasteiger partial charge is 0.202 e. The highest BCUT2D eigenvalue weighted by atomic mass is 32.2. The molecule has 0 saturated heterocycles. The molecule has 4 nitrogen and oxygen atoms in total. The molecule has 4 atom stereocenters. The van der Waals surface area contributed by atoms with Crippen LogP contribution >= 0.6 is 0 Å². The van der Waals surface area contributed by atoms with E-state index < -0.39 is 30.2 Å². The van der Waals surface area contributed by atoms with Gasteiger partial charge in [0.25, 0.3) is 0 Å². The van der Waals surface area contributed by atoms with Crippen molar-refractivity contribution in [3.63, 3.8) is 0 Å². The van der Waals surface area contributed by atoms with Gasteiger partial charge in [-0.15, -0.1) is 0 Å². The molecule has 0 bridgehead atoms. The largest absolute Gasteiger partial charge is 0.413 e. The van der Waals surface area contributed by atoms with Gasteiger partial charge in [-0.3, -0.25) is 0 Å². The van der Waals surface area contributed by atoms with E-state index in [1.165, 1.54) is 0 Å². The van der Waals surface area contributed by atoms with Gasteiger partial charge in [-0.25, -0.2) is 8.42 Å². The van der Waals surface area contributed by atoms with Crippen molar-refractivity contribution < 1.29 is 18.0 Å². The average Bonchev–Trinajstić information content (AvgIpc) is 2.79. The molecular formula is C21H34O4SSi. The zero-order valence-electron chi connectivity index (χ0n) is 17.2. The van der Waals surface area contributed by atoms with Gasteiger partial charge in [-0.1, -0.05) is 58.9 Å². The van der Waals surface area contributed by atoms with E-state index in [-0.39, 0.29) is 16.9 Å². The van der Waals surface area contributed by atoms with Crippen LogP contribution in [0.4, 0.5) is 0 Å². The summed E-state index contributed by atoms with van der Waals surface area (Å²) in [7, 11) is -5.46. The molecule has 1 aromatic rings. The Hall–Kier alpha value is -0.953. The molecule has 1 aliphatic carbocycles. The second-order valence-electron chi connectivity index (χ2n) is 7.70. The van der Waals surface area contributed by atoms with Crippen molar-refractivity contribution in [3.05, 3.63) is 41.3 Å². The first-order valence-corrected chi connectivity index (χ1v) is 14.1. The van der Waals surface area contributed by atoms with Crippen LogP contribution in [0.1, 0.15) is 41.0 Å².